The van der Waals surface area contributed by atoms with Gasteiger partial charge in [-0.25, -0.2) is 9.78 Å². The molecule has 2 heterocycles. The maximum absolute atomic E-state index is 12.2. The summed E-state index contributed by atoms with van der Waals surface area (Å²) in [5.74, 6) is 0.738. The van der Waals surface area contributed by atoms with E-state index >= 15 is 0 Å². The first-order valence-electron chi connectivity index (χ1n) is 7.52. The Morgan fingerprint density at radius 3 is 2.64 bits per heavy atom. The molecule has 0 saturated carbocycles. The van der Waals surface area contributed by atoms with E-state index in [4.69, 9.17) is 15.2 Å². The minimum Gasteiger partial charge on any atom is -0.481 e. The average molecular weight is 307 g/mol. The summed E-state index contributed by atoms with van der Waals surface area (Å²) >= 11 is 0. The molecule has 1 amide bonds. The molecule has 0 radical (unpaired) electrons. The smallest absolute Gasteiger partial charge is 0.410 e. The van der Waals surface area contributed by atoms with Gasteiger partial charge in [0.25, 0.3) is 0 Å². The Balaban J connectivity index is 2.08. The number of hydrogen-bond donors (Lipinski definition) is 1. The Hall–Kier alpha value is -1.82. The molecule has 2 N–H and O–H groups in total. The fraction of sp³-hybridized carbons (Fsp3) is 0.625. The lowest BCUT2D eigenvalue weighted by atomic mass is 9.89. The van der Waals surface area contributed by atoms with Crippen LogP contribution in [-0.4, -0.2) is 47.8 Å². The highest BCUT2D eigenvalue weighted by atomic mass is 16.6. The van der Waals surface area contributed by atoms with Crippen LogP contribution in [0, 0.1) is 0 Å². The van der Waals surface area contributed by atoms with Gasteiger partial charge in [0.2, 0.25) is 5.88 Å². The van der Waals surface area contributed by atoms with Gasteiger partial charge in [0.1, 0.15) is 5.60 Å². The van der Waals surface area contributed by atoms with Crippen LogP contribution in [0.15, 0.2) is 18.3 Å². The van der Waals surface area contributed by atoms with Crippen molar-refractivity contribution in [3.8, 4) is 5.88 Å². The zero-order valence-corrected chi connectivity index (χ0v) is 13.7. The number of nitrogens with zero attached hydrogens (tertiary/aromatic N) is 2. The molecule has 1 aliphatic heterocycles. The molecule has 1 aromatic heterocycles. The van der Waals surface area contributed by atoms with Crippen molar-refractivity contribution in [3.63, 3.8) is 0 Å². The molecule has 1 fully saturated rings. The Labute approximate surface area is 131 Å². The molecule has 0 spiro atoms. The highest BCUT2D eigenvalue weighted by molar-refractivity contribution is 5.68. The van der Waals surface area contributed by atoms with Gasteiger partial charge in [0.05, 0.1) is 7.11 Å². The van der Waals surface area contributed by atoms with Crippen molar-refractivity contribution in [1.82, 2.24) is 9.88 Å². The van der Waals surface area contributed by atoms with Gasteiger partial charge >= 0.3 is 6.09 Å². The maximum atomic E-state index is 12.2. The molecule has 0 aliphatic carbocycles. The molecule has 1 aromatic rings. The number of rotatable bonds is 2. The van der Waals surface area contributed by atoms with Gasteiger partial charge in [-0.3, -0.25) is 0 Å². The largest absolute Gasteiger partial charge is 0.481 e. The van der Waals surface area contributed by atoms with E-state index in [0.29, 0.717) is 19.0 Å². The van der Waals surface area contributed by atoms with Crippen LogP contribution in [-0.2, 0) is 4.74 Å². The number of likely N-dealkylation sites (tertiary alicyclic amines) is 1. The normalized spacial score (nSPS) is 22.3. The monoisotopic (exact) mass is 307 g/mol. The third-order valence-electron chi connectivity index (χ3n) is 3.57. The summed E-state index contributed by atoms with van der Waals surface area (Å²) in [5.41, 5.74) is 6.67. The molecule has 1 aliphatic rings. The Morgan fingerprint density at radius 1 is 1.36 bits per heavy atom. The molecule has 6 heteroatoms. The first-order chi connectivity index (χ1) is 10.3. The van der Waals surface area contributed by atoms with Gasteiger partial charge in [-0.05, 0) is 32.8 Å². The van der Waals surface area contributed by atoms with Crippen LogP contribution < -0.4 is 10.5 Å². The summed E-state index contributed by atoms with van der Waals surface area (Å²) < 4.78 is 10.5. The number of aromatic nitrogens is 1. The molecule has 2 rings (SSSR count). The van der Waals surface area contributed by atoms with E-state index in [-0.39, 0.29) is 18.1 Å². The molecular weight excluding hydrogens is 282 g/mol. The van der Waals surface area contributed by atoms with Crippen LogP contribution in [0.3, 0.4) is 0 Å². The van der Waals surface area contributed by atoms with E-state index in [0.717, 1.165) is 12.0 Å². The van der Waals surface area contributed by atoms with Crippen molar-refractivity contribution in [3.05, 3.63) is 23.9 Å². The van der Waals surface area contributed by atoms with Crippen LogP contribution in [0.25, 0.3) is 0 Å². The molecule has 122 valence electrons. The van der Waals surface area contributed by atoms with Crippen LogP contribution >= 0.6 is 0 Å². The number of pyridine rings is 1. The van der Waals surface area contributed by atoms with E-state index in [2.05, 4.69) is 4.98 Å². The third-order valence-corrected chi connectivity index (χ3v) is 3.57. The SMILES string of the molecule is COc1ccc([C@@H]2C[C@H](N)CN(C(=O)OC(C)(C)C)C2)cn1. The first-order valence-corrected chi connectivity index (χ1v) is 7.52. The summed E-state index contributed by atoms with van der Waals surface area (Å²) in [5, 5.41) is 0. The van der Waals surface area contributed by atoms with Gasteiger partial charge in [0.15, 0.2) is 0 Å². The summed E-state index contributed by atoms with van der Waals surface area (Å²) in [6, 6.07) is 3.74. The molecule has 1 saturated heterocycles. The second-order valence-corrected chi connectivity index (χ2v) is 6.71. The molecule has 0 bridgehead atoms. The maximum Gasteiger partial charge on any atom is 0.410 e. The van der Waals surface area contributed by atoms with Crippen molar-refractivity contribution in [2.24, 2.45) is 5.73 Å². The molecular formula is C16H25N3O3. The van der Waals surface area contributed by atoms with Gasteiger partial charge in [-0.1, -0.05) is 6.07 Å². The second kappa shape index (κ2) is 6.52. The van der Waals surface area contributed by atoms with Crippen LogP contribution in [0.1, 0.15) is 38.7 Å². The van der Waals surface area contributed by atoms with Crippen molar-refractivity contribution in [1.29, 1.82) is 0 Å². The molecule has 22 heavy (non-hydrogen) atoms. The van der Waals surface area contributed by atoms with E-state index in [1.165, 1.54) is 0 Å². The molecule has 6 nitrogen and oxygen atoms in total. The quantitative estimate of drug-likeness (QED) is 0.905. The van der Waals surface area contributed by atoms with Gasteiger partial charge in [-0.15, -0.1) is 0 Å². The molecule has 0 unspecified atom stereocenters. The fourth-order valence-electron chi connectivity index (χ4n) is 2.61. The van der Waals surface area contributed by atoms with Crippen molar-refractivity contribution in [2.45, 2.75) is 44.8 Å². The summed E-state index contributed by atoms with van der Waals surface area (Å²) in [7, 11) is 1.59. The average Bonchev–Trinajstić information content (AvgIpc) is 2.45. The number of hydrogen-bond acceptors (Lipinski definition) is 5. The number of methoxy groups -OCH3 is 1. The fourth-order valence-corrected chi connectivity index (χ4v) is 2.61. The van der Waals surface area contributed by atoms with Gasteiger partial charge in [0, 0.05) is 37.3 Å². The van der Waals surface area contributed by atoms with Crippen LogP contribution in [0.5, 0.6) is 5.88 Å². The number of carbonyl (C=O) groups is 1. The molecule has 0 aromatic carbocycles. The minimum atomic E-state index is -0.504. The Morgan fingerprint density at radius 2 is 2.09 bits per heavy atom. The third kappa shape index (κ3) is 4.34. The number of carbonyl (C=O) groups excluding carboxylic acids is 1. The highest BCUT2D eigenvalue weighted by Gasteiger charge is 2.31. The highest BCUT2D eigenvalue weighted by Crippen LogP contribution is 2.27. The number of nitrogens with two attached hydrogens (primary N) is 1. The Bertz CT molecular complexity index is 510. The second-order valence-electron chi connectivity index (χ2n) is 6.71. The van der Waals surface area contributed by atoms with Crippen molar-refractivity contribution < 1.29 is 14.3 Å². The zero-order chi connectivity index (χ0) is 16.3. The van der Waals surface area contributed by atoms with Crippen molar-refractivity contribution in [2.75, 3.05) is 20.2 Å². The lowest BCUT2D eigenvalue weighted by Crippen LogP contribution is -2.50. The van der Waals surface area contributed by atoms with Gasteiger partial charge < -0.3 is 20.1 Å². The number of ether oxygens (including phenoxy) is 2. The Kier molecular flexibility index (Phi) is 4.90. The molecule has 2 atom stereocenters. The first kappa shape index (κ1) is 16.5. The topological polar surface area (TPSA) is 77.7 Å². The van der Waals surface area contributed by atoms with Gasteiger partial charge in [-0.2, -0.15) is 0 Å². The lowest BCUT2D eigenvalue weighted by molar-refractivity contribution is 0.0180. The zero-order valence-electron chi connectivity index (χ0n) is 13.7. The van der Waals surface area contributed by atoms with E-state index in [1.54, 1.807) is 18.2 Å². The summed E-state index contributed by atoms with van der Waals surface area (Å²) in [6.07, 6.45) is 2.30. The van der Waals surface area contributed by atoms with Crippen LogP contribution in [0.4, 0.5) is 4.79 Å². The van der Waals surface area contributed by atoms with E-state index < -0.39 is 5.60 Å². The summed E-state index contributed by atoms with van der Waals surface area (Å²) in [6.45, 7) is 6.70. The van der Waals surface area contributed by atoms with E-state index in [1.807, 2.05) is 32.9 Å². The minimum absolute atomic E-state index is 0.0617. The van der Waals surface area contributed by atoms with Crippen molar-refractivity contribution >= 4 is 6.09 Å². The summed E-state index contributed by atoms with van der Waals surface area (Å²) in [4.78, 5) is 18.2. The predicted octanol–water partition coefficient (Wildman–Crippen LogP) is 2.14. The standard InChI is InChI=1S/C16H25N3O3/c1-16(2,3)22-15(20)19-9-12(7-13(17)10-19)11-5-6-14(21-4)18-8-11/h5-6,8,12-13H,7,9-10,17H2,1-4H3/t12-,13+/m1/s1. The van der Waals surface area contributed by atoms with E-state index in [9.17, 15) is 4.79 Å². The lowest BCUT2D eigenvalue weighted by Gasteiger charge is -2.37. The predicted molar refractivity (Wildman–Crippen MR) is 83.9 cm³/mol. The number of amides is 1. The number of piperidine rings is 1. The van der Waals surface area contributed by atoms with Crippen LogP contribution in [0.2, 0.25) is 0 Å².